The highest BCUT2D eigenvalue weighted by atomic mass is 35.5. The van der Waals surface area contributed by atoms with Crippen molar-refractivity contribution in [2.45, 2.75) is 45.1 Å². The van der Waals surface area contributed by atoms with Crippen LogP contribution >= 0.6 is 12.4 Å². The van der Waals surface area contributed by atoms with E-state index >= 15 is 0 Å². The number of rotatable bonds is 3. The van der Waals surface area contributed by atoms with E-state index in [4.69, 9.17) is 5.11 Å². The lowest BCUT2D eigenvalue weighted by Gasteiger charge is -2.25. The van der Waals surface area contributed by atoms with Gasteiger partial charge in [-0.1, -0.05) is 19.8 Å². The number of carboxylic acid groups (broad SMARTS) is 1. The van der Waals surface area contributed by atoms with Crippen molar-refractivity contribution in [1.29, 1.82) is 0 Å². The number of halogens is 1. The average Bonchev–Trinajstić information content (AvgIpc) is 2.81. The van der Waals surface area contributed by atoms with E-state index in [0.717, 1.165) is 24.5 Å². The summed E-state index contributed by atoms with van der Waals surface area (Å²) in [5.74, 6) is 0.311. The Bertz CT molecular complexity index is 635. The Balaban J connectivity index is 0.00000161. The first-order valence-corrected chi connectivity index (χ1v) is 7.03. The van der Waals surface area contributed by atoms with Crippen molar-refractivity contribution in [2.75, 3.05) is 0 Å². The molecule has 0 saturated heterocycles. The van der Waals surface area contributed by atoms with Gasteiger partial charge in [-0.05, 0) is 18.8 Å². The van der Waals surface area contributed by atoms with Gasteiger partial charge < -0.3 is 5.11 Å². The van der Waals surface area contributed by atoms with Crippen molar-refractivity contribution < 1.29 is 9.90 Å². The molecule has 0 bridgehead atoms. The van der Waals surface area contributed by atoms with Crippen LogP contribution in [0.25, 0.3) is 11.2 Å². The smallest absolute Gasteiger partial charge is 0.325 e. The minimum atomic E-state index is -0.923. The first-order valence-electron chi connectivity index (χ1n) is 7.03. The quantitative estimate of drug-likeness (QED) is 0.942. The fourth-order valence-electron chi connectivity index (χ4n) is 2.86. The summed E-state index contributed by atoms with van der Waals surface area (Å²) in [7, 11) is 0. The maximum Gasteiger partial charge on any atom is 0.325 e. The van der Waals surface area contributed by atoms with Crippen LogP contribution in [0.3, 0.4) is 0 Å². The summed E-state index contributed by atoms with van der Waals surface area (Å²) in [6, 6.07) is 0. The number of aliphatic carboxylic acids is 1. The van der Waals surface area contributed by atoms with Crippen molar-refractivity contribution in [3.63, 3.8) is 0 Å². The topological polar surface area (TPSA) is 80.9 Å². The molecule has 0 atom stereocenters. The molecule has 3 rings (SSSR count). The van der Waals surface area contributed by atoms with Crippen LogP contribution in [-0.4, -0.2) is 30.8 Å². The first-order chi connectivity index (χ1) is 9.63. The van der Waals surface area contributed by atoms with Crippen LogP contribution in [0, 0.1) is 5.92 Å². The number of carbonyl (C=O) groups is 1. The number of nitrogens with zero attached hydrogens (tertiary/aromatic N) is 4. The Hall–Kier alpha value is -1.69. The Morgan fingerprint density at radius 1 is 1.33 bits per heavy atom. The number of hydrogen-bond acceptors (Lipinski definition) is 4. The summed E-state index contributed by atoms with van der Waals surface area (Å²) in [5, 5.41) is 12.9. The minimum Gasteiger partial charge on any atom is -0.480 e. The zero-order valence-corrected chi connectivity index (χ0v) is 12.7. The zero-order chi connectivity index (χ0) is 14.1. The number of fused-ring (bicyclic) bond motifs is 1. The van der Waals surface area contributed by atoms with Crippen LogP contribution < -0.4 is 0 Å². The van der Waals surface area contributed by atoms with Gasteiger partial charge in [0.05, 0.1) is 11.9 Å². The van der Waals surface area contributed by atoms with Gasteiger partial charge in [0.25, 0.3) is 0 Å². The molecule has 1 aliphatic carbocycles. The molecule has 2 aromatic heterocycles. The van der Waals surface area contributed by atoms with Gasteiger partial charge in [-0.25, -0.2) is 14.6 Å². The number of aromatic nitrogens is 4. The van der Waals surface area contributed by atoms with Crippen LogP contribution in [0.2, 0.25) is 0 Å². The van der Waals surface area contributed by atoms with Crippen molar-refractivity contribution >= 4 is 29.5 Å². The molecule has 7 heteroatoms. The van der Waals surface area contributed by atoms with E-state index in [9.17, 15) is 4.79 Å². The molecule has 1 fully saturated rings. The zero-order valence-electron chi connectivity index (χ0n) is 11.9. The summed E-state index contributed by atoms with van der Waals surface area (Å²) in [6.07, 6.45) is 8.09. The molecule has 1 N–H and O–H groups in total. The summed E-state index contributed by atoms with van der Waals surface area (Å²) in [5.41, 5.74) is 2.19. The van der Waals surface area contributed by atoms with Crippen LogP contribution in [0.5, 0.6) is 0 Å². The molecule has 21 heavy (non-hydrogen) atoms. The van der Waals surface area contributed by atoms with E-state index < -0.39 is 5.97 Å². The Morgan fingerprint density at radius 3 is 2.71 bits per heavy atom. The summed E-state index contributed by atoms with van der Waals surface area (Å²) in [4.78, 5) is 19.8. The van der Waals surface area contributed by atoms with Crippen LogP contribution in [0.4, 0.5) is 0 Å². The second-order valence-electron chi connectivity index (χ2n) is 5.66. The van der Waals surface area contributed by atoms with Gasteiger partial charge in [0.15, 0.2) is 5.65 Å². The van der Waals surface area contributed by atoms with Gasteiger partial charge in [-0.3, -0.25) is 4.79 Å². The molecule has 0 unspecified atom stereocenters. The molecule has 0 amide bonds. The van der Waals surface area contributed by atoms with Gasteiger partial charge in [0.2, 0.25) is 0 Å². The van der Waals surface area contributed by atoms with E-state index in [0.29, 0.717) is 17.1 Å². The maximum atomic E-state index is 10.8. The summed E-state index contributed by atoms with van der Waals surface area (Å²) in [6.45, 7) is 2.11. The standard InChI is InChI=1S/C14H18N4O2.ClH/c1-9-2-4-10(5-3-9)11-6-15-12-7-16-18(8-13(19)20)14(12)17-11;/h6-7,9-10H,2-5,8H2,1H3,(H,19,20);1H. The minimum absolute atomic E-state index is 0. The predicted molar refractivity (Wildman–Crippen MR) is 80.6 cm³/mol. The molecule has 0 aliphatic heterocycles. The third-order valence-electron chi connectivity index (χ3n) is 4.08. The largest absolute Gasteiger partial charge is 0.480 e. The van der Waals surface area contributed by atoms with E-state index in [1.165, 1.54) is 17.5 Å². The van der Waals surface area contributed by atoms with Gasteiger partial charge in [0.1, 0.15) is 12.1 Å². The molecule has 1 saturated carbocycles. The van der Waals surface area contributed by atoms with E-state index in [1.807, 2.05) is 6.20 Å². The average molecular weight is 311 g/mol. The molecule has 114 valence electrons. The molecule has 0 spiro atoms. The Kier molecular flexibility index (Phi) is 4.77. The first kappa shape index (κ1) is 15.7. The SMILES string of the molecule is CC1CCC(c2cnc3cnn(CC(=O)O)c3n2)CC1.Cl. The lowest BCUT2D eigenvalue weighted by atomic mass is 9.81. The highest BCUT2D eigenvalue weighted by Gasteiger charge is 2.22. The number of hydrogen-bond donors (Lipinski definition) is 1. The highest BCUT2D eigenvalue weighted by Crippen LogP contribution is 2.34. The van der Waals surface area contributed by atoms with Gasteiger partial charge in [0, 0.05) is 12.1 Å². The highest BCUT2D eigenvalue weighted by molar-refractivity contribution is 5.85. The third kappa shape index (κ3) is 3.32. The van der Waals surface area contributed by atoms with Crippen LogP contribution in [-0.2, 0) is 11.3 Å². The number of carboxylic acids is 1. The maximum absolute atomic E-state index is 10.8. The van der Waals surface area contributed by atoms with Gasteiger partial charge >= 0.3 is 5.97 Å². The summed E-state index contributed by atoms with van der Waals surface area (Å²) < 4.78 is 1.40. The monoisotopic (exact) mass is 310 g/mol. The molecule has 2 aromatic rings. The Morgan fingerprint density at radius 2 is 2.05 bits per heavy atom. The van der Waals surface area contributed by atoms with Crippen molar-refractivity contribution in [3.05, 3.63) is 18.1 Å². The lowest BCUT2D eigenvalue weighted by Crippen LogP contribution is -2.14. The molecular formula is C14H19ClN4O2. The van der Waals surface area contributed by atoms with Gasteiger partial charge in [-0.2, -0.15) is 5.10 Å². The fourth-order valence-corrected chi connectivity index (χ4v) is 2.86. The van der Waals surface area contributed by atoms with E-state index in [1.54, 1.807) is 6.20 Å². The third-order valence-corrected chi connectivity index (χ3v) is 4.08. The Labute approximate surface area is 129 Å². The predicted octanol–water partition coefficient (Wildman–Crippen LogP) is 2.63. The normalized spacial score (nSPS) is 22.0. The second kappa shape index (κ2) is 6.39. The molecule has 0 radical (unpaired) electrons. The van der Waals surface area contributed by atoms with Crippen molar-refractivity contribution in [2.24, 2.45) is 5.92 Å². The van der Waals surface area contributed by atoms with Crippen molar-refractivity contribution in [1.82, 2.24) is 19.7 Å². The second-order valence-corrected chi connectivity index (χ2v) is 5.66. The van der Waals surface area contributed by atoms with Crippen LogP contribution in [0.15, 0.2) is 12.4 Å². The summed E-state index contributed by atoms with van der Waals surface area (Å²) >= 11 is 0. The van der Waals surface area contributed by atoms with Crippen LogP contribution in [0.1, 0.15) is 44.2 Å². The molecule has 0 aromatic carbocycles. The lowest BCUT2D eigenvalue weighted by molar-refractivity contribution is -0.137. The van der Waals surface area contributed by atoms with Crippen molar-refractivity contribution in [3.8, 4) is 0 Å². The van der Waals surface area contributed by atoms with Gasteiger partial charge in [-0.15, -0.1) is 12.4 Å². The molecule has 2 heterocycles. The molecule has 6 nitrogen and oxygen atoms in total. The molecular weight excluding hydrogens is 292 g/mol. The molecule has 1 aliphatic rings. The van der Waals surface area contributed by atoms with E-state index in [-0.39, 0.29) is 19.0 Å². The fraction of sp³-hybridized carbons (Fsp3) is 0.571. The van der Waals surface area contributed by atoms with E-state index in [2.05, 4.69) is 22.0 Å².